The molecule has 6 heteroatoms. The molecule has 0 aliphatic carbocycles. The third kappa shape index (κ3) is 4.35. The smallest absolute Gasteiger partial charge is 0.326 e. The van der Waals surface area contributed by atoms with Gasteiger partial charge >= 0.3 is 5.97 Å². The molecule has 0 unspecified atom stereocenters. The van der Waals surface area contributed by atoms with Crippen LogP contribution >= 0.6 is 0 Å². The van der Waals surface area contributed by atoms with E-state index in [2.05, 4.69) is 5.32 Å². The van der Waals surface area contributed by atoms with Gasteiger partial charge in [-0.3, -0.25) is 9.59 Å². The maximum absolute atomic E-state index is 11.7. The maximum Gasteiger partial charge on any atom is 0.326 e. The molecule has 0 aromatic rings. The minimum atomic E-state index is -1.04. The van der Waals surface area contributed by atoms with Gasteiger partial charge in [-0.15, -0.1) is 0 Å². The van der Waals surface area contributed by atoms with Crippen molar-refractivity contribution in [1.29, 1.82) is 0 Å². The maximum atomic E-state index is 11.7. The summed E-state index contributed by atoms with van der Waals surface area (Å²) >= 11 is 0. The molecule has 102 valence electrons. The zero-order chi connectivity index (χ0) is 13.7. The Morgan fingerprint density at radius 2 is 2.11 bits per heavy atom. The van der Waals surface area contributed by atoms with Crippen molar-refractivity contribution >= 4 is 17.8 Å². The van der Waals surface area contributed by atoms with E-state index >= 15 is 0 Å². The Balaban J connectivity index is 2.45. The standard InChI is InChI=1S/C12H20N2O4/c1-8(2)6-9(12(17)18)13-10(15)7-14-5-3-4-11(14)16/h8-9H,3-7H2,1-2H3,(H,13,15)(H,17,18)/t9-/m1/s1. The van der Waals surface area contributed by atoms with Gasteiger partial charge in [-0.05, 0) is 18.8 Å². The van der Waals surface area contributed by atoms with Gasteiger partial charge in [-0.2, -0.15) is 0 Å². The lowest BCUT2D eigenvalue weighted by Crippen LogP contribution is -2.46. The number of carbonyl (C=O) groups is 3. The summed E-state index contributed by atoms with van der Waals surface area (Å²) < 4.78 is 0. The van der Waals surface area contributed by atoms with Gasteiger partial charge < -0.3 is 15.3 Å². The highest BCUT2D eigenvalue weighted by Gasteiger charge is 2.25. The van der Waals surface area contributed by atoms with Crippen LogP contribution in [-0.2, 0) is 14.4 Å². The highest BCUT2D eigenvalue weighted by molar-refractivity contribution is 5.88. The summed E-state index contributed by atoms with van der Waals surface area (Å²) in [6.45, 7) is 4.33. The topological polar surface area (TPSA) is 86.7 Å². The van der Waals surface area contributed by atoms with Crippen LogP contribution in [0.1, 0.15) is 33.1 Å². The van der Waals surface area contributed by atoms with Gasteiger partial charge in [0.2, 0.25) is 11.8 Å². The summed E-state index contributed by atoms with van der Waals surface area (Å²) in [5.74, 6) is -1.30. The molecule has 6 nitrogen and oxygen atoms in total. The lowest BCUT2D eigenvalue weighted by Gasteiger charge is -2.19. The zero-order valence-corrected chi connectivity index (χ0v) is 10.8. The van der Waals surface area contributed by atoms with Crippen molar-refractivity contribution < 1.29 is 19.5 Å². The first-order valence-corrected chi connectivity index (χ1v) is 6.20. The second-order valence-electron chi connectivity index (χ2n) is 5.01. The Labute approximate surface area is 106 Å². The average molecular weight is 256 g/mol. The fourth-order valence-electron chi connectivity index (χ4n) is 1.98. The summed E-state index contributed by atoms with van der Waals surface area (Å²) in [4.78, 5) is 35.4. The van der Waals surface area contributed by atoms with Crippen LogP contribution < -0.4 is 5.32 Å². The molecule has 2 N–H and O–H groups in total. The van der Waals surface area contributed by atoms with Gasteiger partial charge in [-0.1, -0.05) is 13.8 Å². The van der Waals surface area contributed by atoms with Crippen LogP contribution in [0.5, 0.6) is 0 Å². The van der Waals surface area contributed by atoms with Crippen LogP contribution in [-0.4, -0.2) is 46.9 Å². The molecule has 18 heavy (non-hydrogen) atoms. The summed E-state index contributed by atoms with van der Waals surface area (Å²) in [6.07, 6.45) is 1.62. The van der Waals surface area contributed by atoms with E-state index in [9.17, 15) is 14.4 Å². The summed E-state index contributed by atoms with van der Waals surface area (Å²) in [6, 6.07) is -0.879. The minimum absolute atomic E-state index is 0.0408. The van der Waals surface area contributed by atoms with Gasteiger partial charge in [0.05, 0.1) is 6.54 Å². The van der Waals surface area contributed by atoms with Crippen LogP contribution in [0.4, 0.5) is 0 Å². The van der Waals surface area contributed by atoms with Crippen molar-refractivity contribution in [2.24, 2.45) is 5.92 Å². The van der Waals surface area contributed by atoms with E-state index in [1.807, 2.05) is 13.8 Å². The number of hydrogen-bond donors (Lipinski definition) is 2. The molecule has 1 saturated heterocycles. The molecule has 0 radical (unpaired) electrons. The Hall–Kier alpha value is -1.59. The van der Waals surface area contributed by atoms with Gasteiger partial charge in [0.15, 0.2) is 0 Å². The number of aliphatic carboxylic acids is 1. The minimum Gasteiger partial charge on any atom is -0.480 e. The van der Waals surface area contributed by atoms with Crippen molar-refractivity contribution in [2.75, 3.05) is 13.1 Å². The van der Waals surface area contributed by atoms with Crippen LogP contribution in [0.25, 0.3) is 0 Å². The number of carboxylic acid groups (broad SMARTS) is 1. The first-order chi connectivity index (χ1) is 8.40. The SMILES string of the molecule is CC(C)C[C@@H](NC(=O)CN1CCCC1=O)C(=O)O. The Morgan fingerprint density at radius 3 is 2.56 bits per heavy atom. The highest BCUT2D eigenvalue weighted by Crippen LogP contribution is 2.09. The molecular weight excluding hydrogens is 236 g/mol. The summed E-state index contributed by atoms with van der Waals surface area (Å²) in [7, 11) is 0. The van der Waals surface area contributed by atoms with Crippen LogP contribution in [0, 0.1) is 5.92 Å². The fourth-order valence-corrected chi connectivity index (χ4v) is 1.98. The molecule has 0 bridgehead atoms. The fraction of sp³-hybridized carbons (Fsp3) is 0.750. The Kier molecular flexibility index (Phi) is 5.12. The van der Waals surface area contributed by atoms with Crippen molar-refractivity contribution in [2.45, 2.75) is 39.2 Å². The molecule has 1 atom stereocenters. The Morgan fingerprint density at radius 1 is 1.44 bits per heavy atom. The lowest BCUT2D eigenvalue weighted by molar-refractivity contribution is -0.142. The van der Waals surface area contributed by atoms with Crippen LogP contribution in [0.2, 0.25) is 0 Å². The number of rotatable bonds is 6. The average Bonchev–Trinajstić information content (AvgIpc) is 2.62. The molecule has 0 aromatic heterocycles. The predicted octanol–water partition coefficient (Wildman–Crippen LogP) is 0.224. The molecule has 0 aromatic carbocycles. The lowest BCUT2D eigenvalue weighted by atomic mass is 10.0. The number of nitrogens with one attached hydrogen (secondary N) is 1. The van der Waals surface area contributed by atoms with Crippen LogP contribution in [0.15, 0.2) is 0 Å². The Bertz CT molecular complexity index is 341. The highest BCUT2D eigenvalue weighted by atomic mass is 16.4. The van der Waals surface area contributed by atoms with Crippen molar-refractivity contribution in [3.63, 3.8) is 0 Å². The van der Waals surface area contributed by atoms with Crippen molar-refractivity contribution in [3.05, 3.63) is 0 Å². The largest absolute Gasteiger partial charge is 0.480 e. The third-order valence-electron chi connectivity index (χ3n) is 2.85. The number of carboxylic acids is 1. The number of nitrogens with zero attached hydrogens (tertiary/aromatic N) is 1. The van der Waals surface area contributed by atoms with Crippen molar-refractivity contribution in [3.8, 4) is 0 Å². The molecule has 1 fully saturated rings. The first kappa shape index (κ1) is 14.5. The molecule has 0 saturated carbocycles. The quantitative estimate of drug-likeness (QED) is 0.712. The first-order valence-electron chi connectivity index (χ1n) is 6.20. The normalized spacial score (nSPS) is 17.1. The second kappa shape index (κ2) is 6.37. The third-order valence-corrected chi connectivity index (χ3v) is 2.85. The number of amides is 2. The number of likely N-dealkylation sites (tertiary alicyclic amines) is 1. The number of hydrogen-bond acceptors (Lipinski definition) is 3. The van der Waals surface area contributed by atoms with E-state index < -0.39 is 17.9 Å². The number of carbonyl (C=O) groups excluding carboxylic acids is 2. The summed E-state index contributed by atoms with van der Waals surface area (Å²) in [5, 5.41) is 11.5. The molecular formula is C12H20N2O4. The van der Waals surface area contributed by atoms with Crippen molar-refractivity contribution in [1.82, 2.24) is 10.2 Å². The molecule has 1 aliphatic rings. The molecule has 1 aliphatic heterocycles. The van der Waals surface area contributed by atoms with E-state index in [0.717, 1.165) is 6.42 Å². The van der Waals surface area contributed by atoms with Crippen LogP contribution in [0.3, 0.4) is 0 Å². The second-order valence-corrected chi connectivity index (χ2v) is 5.01. The monoisotopic (exact) mass is 256 g/mol. The molecule has 1 rings (SSSR count). The summed E-state index contributed by atoms with van der Waals surface area (Å²) in [5.41, 5.74) is 0. The van der Waals surface area contributed by atoms with Gasteiger partial charge in [0.25, 0.3) is 0 Å². The molecule has 2 amide bonds. The van der Waals surface area contributed by atoms with Gasteiger partial charge in [0.1, 0.15) is 6.04 Å². The molecule has 1 heterocycles. The van der Waals surface area contributed by atoms with E-state index in [0.29, 0.717) is 19.4 Å². The van der Waals surface area contributed by atoms with E-state index in [-0.39, 0.29) is 18.4 Å². The predicted molar refractivity (Wildman–Crippen MR) is 64.8 cm³/mol. The molecule has 0 spiro atoms. The van der Waals surface area contributed by atoms with Gasteiger partial charge in [-0.25, -0.2) is 4.79 Å². The van der Waals surface area contributed by atoms with Gasteiger partial charge in [0, 0.05) is 13.0 Å². The van der Waals surface area contributed by atoms with E-state index in [1.54, 1.807) is 0 Å². The van der Waals surface area contributed by atoms with E-state index in [1.165, 1.54) is 4.90 Å². The van der Waals surface area contributed by atoms with E-state index in [4.69, 9.17) is 5.11 Å². The zero-order valence-electron chi connectivity index (χ0n) is 10.8.